The zero-order chi connectivity index (χ0) is 41.9. The lowest BCUT2D eigenvalue weighted by Gasteiger charge is -2.39. The number of ether oxygens (including phenoxy) is 5. The molecule has 3 aromatic rings. The highest BCUT2D eigenvalue weighted by atomic mass is 35.6. The molecule has 3 aromatic carbocycles. The minimum absolute atomic E-state index is 0.0236. The van der Waals surface area contributed by atoms with Gasteiger partial charge < -0.3 is 37.3 Å². The third-order valence-electron chi connectivity index (χ3n) is 9.61. The first-order valence-corrected chi connectivity index (χ1v) is 21.9. The van der Waals surface area contributed by atoms with Gasteiger partial charge in [0.15, 0.2) is 6.29 Å². The molecular weight excluding hydrogens is 828 g/mol. The fraction of sp³-hybridized carbons (Fsp3) is 0.535. The summed E-state index contributed by atoms with van der Waals surface area (Å²) >= 11 is 19.2. The van der Waals surface area contributed by atoms with Crippen LogP contribution in [-0.2, 0) is 52.4 Å². The molecule has 1 heterocycles. The van der Waals surface area contributed by atoms with E-state index in [2.05, 4.69) is 41.7 Å². The molecule has 0 bridgehead atoms. The molecule has 0 spiro atoms. The van der Waals surface area contributed by atoms with Crippen LogP contribution in [0.1, 0.15) is 81.9 Å². The van der Waals surface area contributed by atoms with E-state index in [1.807, 2.05) is 54.6 Å². The molecule has 0 saturated carbocycles. The van der Waals surface area contributed by atoms with Crippen LogP contribution in [0.25, 0.3) is 0 Å². The SMILES string of the molecule is COC(=O)CCCCCOC[C@H](COP(O[C@H](CNC(c1ccccc1)(c1ccccc1)c1ccccc1)CC(=O)OC)OC(C)(C)C(Cl)(Cl)Cl)OC1CCCCO1. The molecule has 11 nitrogen and oxygen atoms in total. The molecule has 0 aliphatic carbocycles. The number of carbonyl (C=O) groups is 2. The quantitative estimate of drug-likeness (QED) is 0.0288. The summed E-state index contributed by atoms with van der Waals surface area (Å²) in [6, 6.07) is 30.2. The van der Waals surface area contributed by atoms with Crippen molar-refractivity contribution in [1.82, 2.24) is 5.32 Å². The molecule has 1 fully saturated rings. The zero-order valence-corrected chi connectivity index (χ0v) is 36.9. The second-order valence-corrected chi connectivity index (χ2v) is 17.8. The number of unbranched alkanes of at least 4 members (excludes halogenated alkanes) is 2. The third kappa shape index (κ3) is 15.3. The van der Waals surface area contributed by atoms with E-state index in [4.69, 9.17) is 72.1 Å². The van der Waals surface area contributed by atoms with Crippen LogP contribution in [0.15, 0.2) is 91.0 Å². The fourth-order valence-corrected chi connectivity index (χ4v) is 7.89. The average Bonchev–Trinajstić information content (AvgIpc) is 3.23. The number of hydrogen-bond acceptors (Lipinski definition) is 11. The first kappa shape index (κ1) is 48.3. The highest BCUT2D eigenvalue weighted by molar-refractivity contribution is 7.41. The van der Waals surface area contributed by atoms with Crippen LogP contribution in [0.3, 0.4) is 0 Å². The van der Waals surface area contributed by atoms with Gasteiger partial charge >= 0.3 is 20.5 Å². The van der Waals surface area contributed by atoms with Crippen LogP contribution < -0.4 is 5.32 Å². The second kappa shape index (κ2) is 24.8. The zero-order valence-electron chi connectivity index (χ0n) is 33.7. The average molecular weight is 885 g/mol. The van der Waals surface area contributed by atoms with E-state index in [1.54, 1.807) is 13.8 Å². The van der Waals surface area contributed by atoms with Gasteiger partial charge in [-0.15, -0.1) is 0 Å². The third-order valence-corrected chi connectivity index (χ3v) is 12.4. The van der Waals surface area contributed by atoms with Gasteiger partial charge in [-0.1, -0.05) is 132 Å². The highest BCUT2D eigenvalue weighted by Crippen LogP contribution is 2.52. The van der Waals surface area contributed by atoms with Crippen LogP contribution >= 0.6 is 43.4 Å². The van der Waals surface area contributed by atoms with Crippen molar-refractivity contribution in [2.45, 2.75) is 98.6 Å². The van der Waals surface area contributed by atoms with Crippen LogP contribution in [0.4, 0.5) is 0 Å². The van der Waals surface area contributed by atoms with Gasteiger partial charge in [0.1, 0.15) is 11.7 Å². The summed E-state index contributed by atoms with van der Waals surface area (Å²) in [4.78, 5) is 24.5. The monoisotopic (exact) mass is 883 g/mol. The molecule has 1 saturated heterocycles. The summed E-state index contributed by atoms with van der Waals surface area (Å²) in [5, 5.41) is 3.79. The van der Waals surface area contributed by atoms with Gasteiger partial charge in [0.2, 0.25) is 3.79 Å². The van der Waals surface area contributed by atoms with Gasteiger partial charge in [-0.25, -0.2) is 0 Å². The minimum atomic E-state index is -2.31. The van der Waals surface area contributed by atoms with Crippen molar-refractivity contribution in [3.63, 3.8) is 0 Å². The molecule has 1 aliphatic heterocycles. The van der Waals surface area contributed by atoms with E-state index in [0.29, 0.717) is 26.1 Å². The molecule has 0 aromatic heterocycles. The standard InChI is InChI=1S/C43H57Cl3NO10P/c1-41(2,43(44,45)46)57-58(54-32-37(55-40-26-16-18-28-53-40)31-52-27-17-8-15-25-38(48)50-3)56-36(29-39(49)51-4)30-47-42(33-19-9-5-10-20-33,34-21-11-6-12-22-34)35-23-13-7-14-24-35/h5-7,9-14,19-24,36-37,40,47H,8,15-18,25-32H2,1-4H3/t36-,37+,40?,58?/m0/s1. The Bertz CT molecular complexity index is 1520. The molecule has 15 heteroatoms. The summed E-state index contributed by atoms with van der Waals surface area (Å²) in [5.41, 5.74) is 0.676. The van der Waals surface area contributed by atoms with E-state index < -0.39 is 48.0 Å². The van der Waals surface area contributed by atoms with Gasteiger partial charge in [-0.3, -0.25) is 14.9 Å². The molecule has 4 rings (SSSR count). The minimum Gasteiger partial charge on any atom is -0.469 e. The number of carbonyl (C=O) groups excluding carboxylic acids is 2. The first-order chi connectivity index (χ1) is 27.9. The molecule has 0 amide bonds. The van der Waals surface area contributed by atoms with Crippen molar-refractivity contribution in [3.8, 4) is 0 Å². The van der Waals surface area contributed by atoms with Crippen molar-refractivity contribution in [2.24, 2.45) is 0 Å². The van der Waals surface area contributed by atoms with Crippen LogP contribution in [-0.4, -0.2) is 87.0 Å². The maximum absolute atomic E-state index is 13.0. The van der Waals surface area contributed by atoms with Gasteiger partial charge in [0, 0.05) is 26.2 Å². The molecule has 1 aliphatic rings. The molecule has 0 radical (unpaired) electrons. The Morgan fingerprint density at radius 3 is 1.90 bits per heavy atom. The van der Waals surface area contributed by atoms with E-state index in [9.17, 15) is 9.59 Å². The topological polar surface area (TPSA) is 120 Å². The Balaban J connectivity index is 1.60. The molecule has 1 N–H and O–H groups in total. The van der Waals surface area contributed by atoms with Gasteiger partial charge in [-0.05, 0) is 62.6 Å². The number of methoxy groups -OCH3 is 2. The predicted octanol–water partition coefficient (Wildman–Crippen LogP) is 9.59. The Morgan fingerprint density at radius 1 is 0.793 bits per heavy atom. The predicted molar refractivity (Wildman–Crippen MR) is 227 cm³/mol. The van der Waals surface area contributed by atoms with Gasteiger partial charge in [-0.2, -0.15) is 0 Å². The molecule has 58 heavy (non-hydrogen) atoms. The fourth-order valence-electron chi connectivity index (χ4n) is 6.26. The van der Waals surface area contributed by atoms with E-state index in [1.165, 1.54) is 14.2 Å². The van der Waals surface area contributed by atoms with Gasteiger partial charge in [0.25, 0.3) is 0 Å². The Labute approximate surface area is 359 Å². The highest BCUT2D eigenvalue weighted by Gasteiger charge is 2.46. The number of benzene rings is 3. The lowest BCUT2D eigenvalue weighted by atomic mass is 9.77. The summed E-state index contributed by atoms with van der Waals surface area (Å²) in [5.74, 6) is -0.729. The normalized spacial score (nSPS) is 16.6. The molecule has 4 atom stereocenters. The van der Waals surface area contributed by atoms with Crippen LogP contribution in [0.5, 0.6) is 0 Å². The number of nitrogens with one attached hydrogen (secondary N) is 1. The number of halogens is 3. The number of rotatable bonds is 25. The number of hydrogen-bond donors (Lipinski definition) is 1. The summed E-state index contributed by atoms with van der Waals surface area (Å²) < 4.78 is 45.6. The van der Waals surface area contributed by atoms with Crippen molar-refractivity contribution in [2.75, 3.05) is 47.2 Å². The number of esters is 2. The van der Waals surface area contributed by atoms with E-state index in [0.717, 1.165) is 48.8 Å². The maximum atomic E-state index is 13.0. The summed E-state index contributed by atoms with van der Waals surface area (Å²) in [6.45, 7) is 4.59. The molecule has 320 valence electrons. The first-order valence-electron chi connectivity index (χ1n) is 19.6. The lowest BCUT2D eigenvalue weighted by Crippen LogP contribution is -2.48. The second-order valence-electron chi connectivity index (χ2n) is 14.4. The smallest absolute Gasteiger partial charge is 0.333 e. The maximum Gasteiger partial charge on any atom is 0.333 e. The largest absolute Gasteiger partial charge is 0.469 e. The molecule has 2 unspecified atom stereocenters. The Morgan fingerprint density at radius 2 is 1.38 bits per heavy atom. The van der Waals surface area contributed by atoms with E-state index >= 15 is 0 Å². The van der Waals surface area contributed by atoms with Crippen LogP contribution in [0, 0.1) is 0 Å². The Hall–Kier alpha value is -2.38. The molecular formula is C43H57Cl3NO10P. The lowest BCUT2D eigenvalue weighted by molar-refractivity contribution is -0.203. The summed E-state index contributed by atoms with van der Waals surface area (Å²) in [6.07, 6.45) is 3.27. The number of alkyl halides is 3. The van der Waals surface area contributed by atoms with Crippen molar-refractivity contribution in [3.05, 3.63) is 108 Å². The Kier molecular flexibility index (Phi) is 20.6. The van der Waals surface area contributed by atoms with E-state index in [-0.39, 0.29) is 32.1 Å². The van der Waals surface area contributed by atoms with Crippen molar-refractivity contribution in [1.29, 1.82) is 0 Å². The van der Waals surface area contributed by atoms with Gasteiger partial charge in [0.05, 0.1) is 45.5 Å². The van der Waals surface area contributed by atoms with Crippen molar-refractivity contribution >= 4 is 55.3 Å². The summed E-state index contributed by atoms with van der Waals surface area (Å²) in [7, 11) is 0.398. The van der Waals surface area contributed by atoms with Crippen LogP contribution in [0.2, 0.25) is 0 Å². The van der Waals surface area contributed by atoms with Crippen molar-refractivity contribution < 1.29 is 46.8 Å².